The van der Waals surface area contributed by atoms with E-state index in [4.69, 9.17) is 17.2 Å². The topological polar surface area (TPSA) is 422 Å². The van der Waals surface area contributed by atoms with Crippen LogP contribution in [0.15, 0.2) is 90.1 Å². The number of carbonyl (C=O) groups excluding carboxylic acids is 11. The van der Waals surface area contributed by atoms with Gasteiger partial charge in [0.1, 0.15) is 23.9 Å². The van der Waals surface area contributed by atoms with Crippen LogP contribution in [0.4, 0.5) is 4.79 Å². The van der Waals surface area contributed by atoms with Crippen LogP contribution >= 0.6 is 0 Å². The summed E-state index contributed by atoms with van der Waals surface area (Å²) in [5, 5.41) is 40.1. The van der Waals surface area contributed by atoms with Crippen molar-refractivity contribution in [3.05, 3.63) is 102 Å². The number of hydrogen-bond acceptors (Lipinski definition) is 14. The molecule has 0 aliphatic carbocycles. The third-order valence-electron chi connectivity index (χ3n) is 15.0. The molecule has 0 radical (unpaired) electrons. The Morgan fingerprint density at radius 2 is 1.33 bits per heavy atom. The van der Waals surface area contributed by atoms with Crippen LogP contribution in [0.2, 0.25) is 0 Å². The van der Waals surface area contributed by atoms with Gasteiger partial charge < -0.3 is 74.5 Å². The van der Waals surface area contributed by atoms with Crippen molar-refractivity contribution in [1.82, 2.24) is 47.1 Å². The number of H-pyrrole nitrogens is 1. The fourth-order valence-corrected chi connectivity index (χ4v) is 10.4. The molecule has 9 atom stereocenters. The molecule has 26 heteroatoms. The number of nitrogens with one attached hydrogen (secondary N) is 8. The van der Waals surface area contributed by atoms with Crippen molar-refractivity contribution < 1.29 is 63.0 Å². The third-order valence-corrected chi connectivity index (χ3v) is 15.0. The number of carbonyl (C=O) groups is 11. The molecular weight excluding hydrogens is 1120 g/mol. The van der Waals surface area contributed by atoms with Crippen LogP contribution in [0.1, 0.15) is 95.8 Å². The number of nitrogens with zero attached hydrogens (tertiary/aromatic N) is 2. The molecule has 0 bridgehead atoms. The van der Waals surface area contributed by atoms with Crippen LogP contribution in [-0.4, -0.2) is 160 Å². The van der Waals surface area contributed by atoms with Crippen LogP contribution in [0.25, 0.3) is 10.9 Å². The highest BCUT2D eigenvalue weighted by molar-refractivity contribution is 6.00. The molecule has 26 nitrogen and oxygen atoms in total. The van der Waals surface area contributed by atoms with Crippen molar-refractivity contribution in [1.29, 1.82) is 0 Å². The van der Waals surface area contributed by atoms with Crippen LogP contribution in [-0.2, 0) is 67.2 Å². The summed E-state index contributed by atoms with van der Waals surface area (Å²) in [4.78, 5) is 158. The van der Waals surface area contributed by atoms with E-state index in [2.05, 4.69) is 47.2 Å². The van der Waals surface area contributed by atoms with Crippen molar-refractivity contribution in [3.8, 4) is 5.75 Å². The van der Waals surface area contributed by atoms with E-state index >= 15 is 0 Å². The normalized spacial score (nSPS) is 16.0. The molecule has 1 saturated heterocycles. The van der Waals surface area contributed by atoms with Crippen molar-refractivity contribution in [2.75, 3.05) is 26.7 Å². The summed E-state index contributed by atoms with van der Waals surface area (Å²) in [7, 11) is 1.50. The lowest BCUT2D eigenvalue weighted by Crippen LogP contribution is -2.56. The monoisotopic (exact) mass is 1210 g/mol. The summed E-state index contributed by atoms with van der Waals surface area (Å²) in [6.07, 6.45) is -0.534. The first-order chi connectivity index (χ1) is 41.3. The van der Waals surface area contributed by atoms with Crippen molar-refractivity contribution in [2.24, 2.45) is 39.9 Å². The molecule has 1 fully saturated rings. The summed E-state index contributed by atoms with van der Waals surface area (Å²) in [5.41, 5.74) is 19.9. The van der Waals surface area contributed by atoms with Crippen LogP contribution in [0, 0.1) is 17.8 Å². The molecule has 1 aliphatic rings. The van der Waals surface area contributed by atoms with Crippen molar-refractivity contribution >= 4 is 81.6 Å². The van der Waals surface area contributed by atoms with Crippen molar-refractivity contribution in [2.45, 2.75) is 141 Å². The number of amides is 9. The number of nitrogens with two attached hydrogens (primary N) is 3. The Kier molecular flexibility index (Phi) is 26.4. The minimum atomic E-state index is -1.62. The largest absolute Gasteiger partial charge is 0.508 e. The molecule has 0 saturated carbocycles. The number of aromatic nitrogens is 1. The minimum absolute atomic E-state index is 0.00586. The van der Waals surface area contributed by atoms with Gasteiger partial charge >= 0.3 is 6.03 Å². The second-order valence-corrected chi connectivity index (χ2v) is 22.4. The van der Waals surface area contributed by atoms with Gasteiger partial charge in [0.2, 0.25) is 41.4 Å². The summed E-state index contributed by atoms with van der Waals surface area (Å²) >= 11 is 0. The number of benzene rings is 3. The second kappa shape index (κ2) is 33.5. The number of primary amides is 2. The SMILES string of the molecule is CN=C(N)NCCC[C@H](CC(=O)[C@H](CC(C)C)NC(=O)NCC(=O)[C@H](Cc1ccccc1)NC(=O)[C@@H](CC(=O)[C@H](CC(N)=O)NC(=O)[C@@H]1CCCN1C(=O)[C@@H](Cc1ccc(O)cc1)NC(C)=O)[C@@H](C)O)C(=O)N[C@@H](Cc1c[nH]c2ccccc12)C(N)=O. The number of aromatic amines is 1. The molecule has 1 aliphatic heterocycles. The summed E-state index contributed by atoms with van der Waals surface area (Å²) in [5.74, 6) is -9.98. The molecule has 9 amide bonds. The lowest BCUT2D eigenvalue weighted by atomic mass is 9.90. The Bertz CT molecular complexity index is 3100. The fraction of sp³-hybridized carbons (Fsp3) is 0.475. The van der Waals surface area contributed by atoms with Gasteiger partial charge in [-0.25, -0.2) is 4.79 Å². The first kappa shape index (κ1) is 68.6. The number of phenolic OH excluding ortho intramolecular Hbond substituents is 1. The number of rotatable bonds is 34. The predicted octanol–water partition coefficient (Wildman–Crippen LogP) is 0.341. The van der Waals surface area contributed by atoms with E-state index in [9.17, 15) is 63.0 Å². The first-order valence-corrected chi connectivity index (χ1v) is 29.0. The second-order valence-electron chi connectivity index (χ2n) is 22.4. The average molecular weight is 1210 g/mol. The molecule has 470 valence electrons. The maximum atomic E-state index is 14.3. The Labute approximate surface area is 504 Å². The highest BCUT2D eigenvalue weighted by Gasteiger charge is 2.40. The van der Waals surface area contributed by atoms with Gasteiger partial charge in [-0.3, -0.25) is 52.9 Å². The summed E-state index contributed by atoms with van der Waals surface area (Å²) in [6.45, 7) is 5.83. The molecular formula is C61H83N13O13. The molecule has 4 aromatic rings. The molecule has 5 rings (SSSR count). The number of phenols is 1. The van der Waals surface area contributed by atoms with Crippen LogP contribution < -0.4 is 54.4 Å². The predicted molar refractivity (Wildman–Crippen MR) is 323 cm³/mol. The van der Waals surface area contributed by atoms with Gasteiger partial charge in [-0.1, -0.05) is 74.5 Å². The van der Waals surface area contributed by atoms with E-state index in [1.54, 1.807) is 48.7 Å². The molecule has 16 N–H and O–H groups in total. The Balaban J connectivity index is 1.27. The number of guanidine groups is 1. The van der Waals surface area contributed by atoms with Gasteiger partial charge in [0.25, 0.3) is 0 Å². The average Bonchev–Trinajstić information content (AvgIpc) is 2.40. The smallest absolute Gasteiger partial charge is 0.315 e. The summed E-state index contributed by atoms with van der Waals surface area (Å²) < 4.78 is 0. The number of aromatic hydroxyl groups is 1. The number of likely N-dealkylation sites (tertiary alicyclic amines) is 1. The number of aliphatic hydroxyl groups excluding tert-OH is 1. The van der Waals surface area contributed by atoms with Crippen LogP contribution in [0.5, 0.6) is 5.75 Å². The highest BCUT2D eigenvalue weighted by atomic mass is 16.3. The lowest BCUT2D eigenvalue weighted by Gasteiger charge is -2.30. The number of para-hydroxylation sites is 1. The summed E-state index contributed by atoms with van der Waals surface area (Å²) in [6, 6.07) is 13.5. The quantitative estimate of drug-likeness (QED) is 0.0170. The molecule has 2 heterocycles. The van der Waals surface area contributed by atoms with E-state index in [1.807, 2.05) is 38.1 Å². The van der Waals surface area contributed by atoms with Gasteiger partial charge in [0.15, 0.2) is 23.3 Å². The van der Waals surface area contributed by atoms with Gasteiger partial charge in [0, 0.05) is 75.8 Å². The molecule has 0 spiro atoms. The Morgan fingerprint density at radius 3 is 1.98 bits per heavy atom. The van der Waals surface area contributed by atoms with E-state index in [0.29, 0.717) is 30.5 Å². The van der Waals surface area contributed by atoms with Gasteiger partial charge in [-0.2, -0.15) is 0 Å². The van der Waals surface area contributed by atoms with E-state index in [1.165, 1.54) is 37.9 Å². The highest BCUT2D eigenvalue weighted by Crippen LogP contribution is 2.24. The van der Waals surface area contributed by atoms with Crippen LogP contribution in [0.3, 0.4) is 0 Å². The maximum Gasteiger partial charge on any atom is 0.315 e. The zero-order valence-corrected chi connectivity index (χ0v) is 49.8. The lowest BCUT2D eigenvalue weighted by molar-refractivity contribution is -0.142. The molecule has 87 heavy (non-hydrogen) atoms. The number of aliphatic imine (C=N–C) groups is 1. The third kappa shape index (κ3) is 21.7. The van der Waals surface area contributed by atoms with E-state index < -0.39 is 138 Å². The number of Topliss-reactive ketones (excluding diaryl/α,β-unsaturated/α-hetero) is 3. The molecule has 3 aromatic carbocycles. The first-order valence-electron chi connectivity index (χ1n) is 29.0. The molecule has 0 unspecified atom stereocenters. The molecule has 1 aromatic heterocycles. The van der Waals surface area contributed by atoms with E-state index in [0.717, 1.165) is 16.5 Å². The number of urea groups is 1. The maximum absolute atomic E-state index is 14.3. The standard InChI is InChI=1S/C61H83N13O13/c1-34(2)25-45(51(78)29-39(15-11-23-66-60(64)65-5)56(83)72-48(55(63)82)28-40-32-67-44-17-10-9-16-42(40)44)73-61(87)68-33-53(80)46(26-37-13-7-6-8-14-37)70-57(84)43(35(3)75)30-52(79)47(31-54(62)81)71-58(85)50-18-12-24-74(50)59(86)49(69-36(4)76)27-38-19-21-41(77)22-20-38/h6-10,13-14,16-17,19-22,32,34-35,39,43,45-50,67,75,77H,11-12,15,18,23-31,33H2,1-5H3,(H2,62,81)(H2,63,82)(H,69,76)(H,70,84)(H,71,85)(H,72,83)(H3,64,65,66)(H2,68,73,87)/t35-,39-,43+,45+,46+,47+,48+,49-,50+/m1/s1. The zero-order chi connectivity index (χ0) is 63.9. The number of fused-ring (bicyclic) bond motifs is 1. The van der Waals surface area contributed by atoms with Gasteiger partial charge in [-0.05, 0) is 86.3 Å². The van der Waals surface area contributed by atoms with Gasteiger partial charge in [-0.15, -0.1) is 0 Å². The number of ketones is 3. The Morgan fingerprint density at radius 1 is 0.690 bits per heavy atom. The number of aliphatic hydroxyl groups is 1. The number of hydrogen-bond donors (Lipinski definition) is 13. The fourth-order valence-electron chi connectivity index (χ4n) is 10.4. The minimum Gasteiger partial charge on any atom is -0.508 e. The van der Waals surface area contributed by atoms with Gasteiger partial charge in [0.05, 0.1) is 43.1 Å². The van der Waals surface area contributed by atoms with E-state index in [-0.39, 0.29) is 69.1 Å². The zero-order valence-electron chi connectivity index (χ0n) is 49.8. The van der Waals surface area contributed by atoms with Crippen molar-refractivity contribution in [3.63, 3.8) is 0 Å². The Hall–Kier alpha value is -9.20.